The number of nitrogens with zero attached hydrogens (tertiary/aromatic N) is 2. The molecule has 0 saturated heterocycles. The van der Waals surface area contributed by atoms with E-state index in [2.05, 4.69) is 20.6 Å². The fourth-order valence-corrected chi connectivity index (χ4v) is 1.49. The lowest BCUT2D eigenvalue weighted by Gasteiger charge is -2.21. The third-order valence-electron chi connectivity index (χ3n) is 2.01. The zero-order valence-corrected chi connectivity index (χ0v) is 14.7. The maximum Gasteiger partial charge on any atom is 0.413 e. The predicted octanol–water partition coefficient (Wildman–Crippen LogP) is 3.82. The van der Waals surface area contributed by atoms with E-state index in [0.717, 1.165) is 0 Å². The van der Waals surface area contributed by atoms with Crippen LogP contribution in [0.3, 0.4) is 0 Å². The van der Waals surface area contributed by atoms with Crippen LogP contribution in [0.4, 0.5) is 21.1 Å². The first-order chi connectivity index (χ1) is 10.4. The summed E-state index contributed by atoms with van der Waals surface area (Å²) in [7, 11) is 0. The molecule has 128 valence electrons. The van der Waals surface area contributed by atoms with Gasteiger partial charge in [0.1, 0.15) is 16.9 Å². The van der Waals surface area contributed by atoms with Gasteiger partial charge in [0.25, 0.3) is 0 Å². The van der Waals surface area contributed by atoms with E-state index in [1.165, 1.54) is 6.20 Å². The van der Waals surface area contributed by atoms with Crippen molar-refractivity contribution in [2.45, 2.75) is 52.7 Å². The second-order valence-corrected chi connectivity index (χ2v) is 6.99. The first kappa shape index (κ1) is 19.0. The van der Waals surface area contributed by atoms with Crippen LogP contribution in [0.25, 0.3) is 0 Å². The molecule has 2 amide bonds. The highest BCUT2D eigenvalue weighted by atomic mass is 35.5. The Morgan fingerprint density at radius 2 is 1.48 bits per heavy atom. The van der Waals surface area contributed by atoms with E-state index in [-0.39, 0.29) is 16.8 Å². The zero-order chi connectivity index (χ0) is 17.8. The van der Waals surface area contributed by atoms with Crippen LogP contribution in [0, 0.1) is 0 Å². The molecule has 0 aromatic carbocycles. The molecule has 9 heteroatoms. The number of aromatic nitrogens is 2. The fraction of sp³-hybridized carbons (Fsp3) is 0.571. The average molecular weight is 345 g/mol. The second-order valence-electron chi connectivity index (χ2n) is 6.66. The molecule has 0 aliphatic rings. The summed E-state index contributed by atoms with van der Waals surface area (Å²) in [6.07, 6.45) is -0.193. The summed E-state index contributed by atoms with van der Waals surface area (Å²) in [6.45, 7) is 10.3. The molecule has 1 heterocycles. The minimum atomic E-state index is -0.737. The number of anilines is 2. The summed E-state index contributed by atoms with van der Waals surface area (Å²) in [5.74, 6) is 0.00473. The Bertz CT molecular complexity index is 593. The van der Waals surface area contributed by atoms with Crippen molar-refractivity contribution in [3.05, 3.63) is 11.5 Å². The van der Waals surface area contributed by atoms with E-state index in [9.17, 15) is 9.59 Å². The van der Waals surface area contributed by atoms with Gasteiger partial charge >= 0.3 is 12.2 Å². The van der Waals surface area contributed by atoms with Crippen molar-refractivity contribution >= 4 is 35.3 Å². The van der Waals surface area contributed by atoms with Gasteiger partial charge in [-0.15, -0.1) is 0 Å². The molecule has 0 unspecified atom stereocenters. The average Bonchev–Trinajstić information content (AvgIpc) is 2.27. The number of halogens is 1. The number of ether oxygens (including phenoxy) is 2. The predicted molar refractivity (Wildman–Crippen MR) is 86.8 cm³/mol. The quantitative estimate of drug-likeness (QED) is 0.790. The number of carbonyl (C=O) groups is 2. The second kappa shape index (κ2) is 6.99. The molecule has 0 fully saturated rings. The normalized spacial score (nSPS) is 11.6. The summed E-state index contributed by atoms with van der Waals surface area (Å²) in [6, 6.07) is 0. The number of amides is 2. The molecule has 0 radical (unpaired) electrons. The Morgan fingerprint density at radius 1 is 1.00 bits per heavy atom. The van der Waals surface area contributed by atoms with Gasteiger partial charge in [0.2, 0.25) is 5.28 Å². The van der Waals surface area contributed by atoms with Crippen LogP contribution in [0.5, 0.6) is 0 Å². The Morgan fingerprint density at radius 3 is 1.96 bits per heavy atom. The molecule has 1 aromatic rings. The molecule has 23 heavy (non-hydrogen) atoms. The highest BCUT2D eigenvalue weighted by Gasteiger charge is 2.21. The minimum absolute atomic E-state index is 0.00473. The van der Waals surface area contributed by atoms with Crippen molar-refractivity contribution in [1.29, 1.82) is 0 Å². The van der Waals surface area contributed by atoms with Crippen molar-refractivity contribution < 1.29 is 19.1 Å². The molecular formula is C14H21ClN4O4. The van der Waals surface area contributed by atoms with Crippen LogP contribution < -0.4 is 10.6 Å². The van der Waals surface area contributed by atoms with Crippen molar-refractivity contribution in [2.24, 2.45) is 0 Å². The molecule has 0 aliphatic heterocycles. The Labute approximate surface area is 139 Å². The van der Waals surface area contributed by atoms with Crippen molar-refractivity contribution in [2.75, 3.05) is 10.6 Å². The van der Waals surface area contributed by atoms with E-state index >= 15 is 0 Å². The summed E-state index contributed by atoms with van der Waals surface area (Å²) in [5.41, 5.74) is -1.22. The van der Waals surface area contributed by atoms with E-state index in [0.29, 0.717) is 0 Å². The smallest absolute Gasteiger partial charge is 0.413 e. The largest absolute Gasteiger partial charge is 0.444 e. The molecule has 0 spiro atoms. The van der Waals surface area contributed by atoms with Crippen LogP contribution in [0.15, 0.2) is 6.20 Å². The highest BCUT2D eigenvalue weighted by molar-refractivity contribution is 6.28. The van der Waals surface area contributed by atoms with E-state index in [4.69, 9.17) is 21.1 Å². The van der Waals surface area contributed by atoms with E-state index < -0.39 is 23.4 Å². The van der Waals surface area contributed by atoms with E-state index in [1.54, 1.807) is 41.5 Å². The van der Waals surface area contributed by atoms with Crippen LogP contribution >= 0.6 is 11.6 Å². The molecule has 0 bridgehead atoms. The lowest BCUT2D eigenvalue weighted by molar-refractivity contribution is 0.0620. The van der Waals surface area contributed by atoms with Gasteiger partial charge in [0.15, 0.2) is 5.82 Å². The number of rotatable bonds is 2. The lowest BCUT2D eigenvalue weighted by atomic mass is 10.2. The number of hydrogen-bond acceptors (Lipinski definition) is 6. The zero-order valence-electron chi connectivity index (χ0n) is 14.0. The maximum atomic E-state index is 11.8. The van der Waals surface area contributed by atoms with Gasteiger partial charge in [-0.3, -0.25) is 10.6 Å². The molecule has 0 aliphatic carbocycles. The van der Waals surface area contributed by atoms with Gasteiger partial charge in [-0.1, -0.05) is 0 Å². The van der Waals surface area contributed by atoms with Gasteiger partial charge in [0.05, 0.1) is 6.20 Å². The van der Waals surface area contributed by atoms with Gasteiger partial charge in [-0.05, 0) is 53.1 Å². The summed E-state index contributed by atoms with van der Waals surface area (Å²) in [4.78, 5) is 31.3. The molecular weight excluding hydrogens is 324 g/mol. The fourth-order valence-electron chi connectivity index (χ4n) is 1.36. The lowest BCUT2D eigenvalue weighted by Crippen LogP contribution is -2.29. The third-order valence-corrected chi connectivity index (χ3v) is 2.20. The standard InChI is InChI=1S/C14H21ClN4O4/c1-13(2,3)22-11(20)17-8-7-16-10(15)18-9(8)19-12(21)23-14(4,5)6/h7H,1-6H3,(H,17,20)(H,16,18,19,21). The molecule has 0 saturated carbocycles. The van der Waals surface area contributed by atoms with Gasteiger partial charge in [-0.2, -0.15) is 4.98 Å². The summed E-state index contributed by atoms with van der Waals surface area (Å²) < 4.78 is 10.3. The van der Waals surface area contributed by atoms with E-state index in [1.807, 2.05) is 0 Å². The highest BCUT2D eigenvalue weighted by Crippen LogP contribution is 2.22. The first-order valence-electron chi connectivity index (χ1n) is 6.88. The summed E-state index contributed by atoms with van der Waals surface area (Å²) >= 11 is 5.72. The molecule has 1 aromatic heterocycles. The Hall–Kier alpha value is -2.09. The maximum absolute atomic E-state index is 11.8. The van der Waals surface area contributed by atoms with Gasteiger partial charge in [-0.25, -0.2) is 14.6 Å². The van der Waals surface area contributed by atoms with Crippen LogP contribution in [0.2, 0.25) is 5.28 Å². The minimum Gasteiger partial charge on any atom is -0.444 e. The SMILES string of the molecule is CC(C)(C)OC(=O)Nc1cnc(Cl)nc1NC(=O)OC(C)(C)C. The van der Waals surface area contributed by atoms with Gasteiger partial charge < -0.3 is 9.47 Å². The van der Waals surface area contributed by atoms with Crippen molar-refractivity contribution in [3.8, 4) is 0 Å². The van der Waals surface area contributed by atoms with Gasteiger partial charge in [0, 0.05) is 0 Å². The number of nitrogens with one attached hydrogen (secondary N) is 2. The van der Waals surface area contributed by atoms with Crippen molar-refractivity contribution in [1.82, 2.24) is 9.97 Å². The Kier molecular flexibility index (Phi) is 5.76. The van der Waals surface area contributed by atoms with Crippen molar-refractivity contribution in [3.63, 3.8) is 0 Å². The Balaban J connectivity index is 2.89. The first-order valence-corrected chi connectivity index (χ1v) is 7.26. The number of hydrogen-bond donors (Lipinski definition) is 2. The summed E-state index contributed by atoms with van der Waals surface area (Å²) in [5, 5.41) is 4.76. The molecule has 8 nitrogen and oxygen atoms in total. The molecule has 0 atom stereocenters. The monoisotopic (exact) mass is 344 g/mol. The molecule has 1 rings (SSSR count). The third kappa shape index (κ3) is 7.64. The number of carbonyl (C=O) groups excluding carboxylic acids is 2. The van der Waals surface area contributed by atoms with Crippen LogP contribution in [-0.4, -0.2) is 33.4 Å². The van der Waals surface area contributed by atoms with Crippen LogP contribution in [0.1, 0.15) is 41.5 Å². The molecule has 2 N–H and O–H groups in total. The topological polar surface area (TPSA) is 102 Å². The van der Waals surface area contributed by atoms with Crippen LogP contribution in [-0.2, 0) is 9.47 Å².